The first kappa shape index (κ1) is 32.1. The van der Waals surface area contributed by atoms with Crippen molar-refractivity contribution in [2.45, 2.75) is 12.8 Å². The quantitative estimate of drug-likeness (QED) is 0.172. The predicted octanol–water partition coefficient (Wildman–Crippen LogP) is 12.3. The van der Waals surface area contributed by atoms with Gasteiger partial charge in [-0.1, -0.05) is 164 Å². The van der Waals surface area contributed by atoms with Crippen LogP contribution in [0.25, 0.3) is 83.8 Å². The topological polar surface area (TPSA) is 48.5 Å². The maximum atomic E-state index is 5.32. The molecule has 1 aliphatic carbocycles. The molecule has 56 heavy (non-hydrogen) atoms. The number of nitrogens with zero attached hydrogens (tertiary/aromatic N) is 5. The van der Waals surface area contributed by atoms with Crippen molar-refractivity contribution in [1.29, 1.82) is 0 Å². The van der Waals surface area contributed by atoms with Crippen molar-refractivity contribution in [1.82, 2.24) is 24.1 Å². The maximum absolute atomic E-state index is 5.32. The van der Waals surface area contributed by atoms with Gasteiger partial charge < -0.3 is 4.57 Å². The average Bonchev–Trinajstić information content (AvgIpc) is 3.80. The molecule has 0 amide bonds. The smallest absolute Gasteiger partial charge is 0.238 e. The number of para-hydroxylation sites is 4. The Morgan fingerprint density at radius 3 is 1.54 bits per heavy atom. The second-order valence-corrected chi connectivity index (χ2v) is 14.3. The van der Waals surface area contributed by atoms with Crippen LogP contribution < -0.4 is 0 Å². The van der Waals surface area contributed by atoms with Crippen LogP contribution in [0.15, 0.2) is 188 Å². The molecule has 264 valence electrons. The van der Waals surface area contributed by atoms with Crippen molar-refractivity contribution in [2.75, 3.05) is 0 Å². The number of allylic oxidation sites excluding steroid dienone is 1. The van der Waals surface area contributed by atoms with E-state index in [1.165, 1.54) is 43.9 Å². The van der Waals surface area contributed by atoms with Crippen LogP contribution in [0.2, 0.25) is 0 Å². The Hall–Kier alpha value is -7.37. The van der Waals surface area contributed by atoms with Gasteiger partial charge in [-0.2, -0.15) is 9.97 Å². The molecule has 0 saturated heterocycles. The van der Waals surface area contributed by atoms with E-state index in [0.717, 1.165) is 52.0 Å². The monoisotopic (exact) mass is 717 g/mol. The molecule has 11 rings (SSSR count). The summed E-state index contributed by atoms with van der Waals surface area (Å²) in [4.78, 5) is 15.7. The number of hydrogen-bond acceptors (Lipinski definition) is 3. The molecule has 1 aliphatic rings. The standard InChI is InChI=1S/C51H35N5/c1-3-16-34(17-4-1)35-30-32-37(33-31-35)50-52-49(36-18-5-2-6-19-36)53-51(54-50)56-47-29-14-10-23-41(47)43-25-15-24-42(48(43)56)40-22-9-13-28-46(40)55-44-26-11-7-20-38(44)39-21-8-12-27-45(39)55/h1-14,16-24,26-33H,15,25H2. The summed E-state index contributed by atoms with van der Waals surface area (Å²) in [6.45, 7) is 0. The minimum Gasteiger partial charge on any atom is -0.309 e. The molecule has 0 atom stereocenters. The molecule has 0 spiro atoms. The van der Waals surface area contributed by atoms with E-state index in [0.29, 0.717) is 17.6 Å². The summed E-state index contributed by atoms with van der Waals surface area (Å²) in [6.07, 6.45) is 4.27. The zero-order valence-corrected chi connectivity index (χ0v) is 30.5. The van der Waals surface area contributed by atoms with Gasteiger partial charge in [0.2, 0.25) is 5.95 Å². The van der Waals surface area contributed by atoms with Gasteiger partial charge in [-0.25, -0.2) is 4.98 Å². The SMILES string of the molecule is C1=C(c2ccccc2-n2c3ccccc3c3ccccc32)c2c(c3ccccc3n2-c2nc(-c3ccccc3)nc(-c3ccc(-c4ccccc4)cc3)n2)CC1. The molecule has 0 bridgehead atoms. The normalized spacial score (nSPS) is 12.6. The number of rotatable bonds is 6. The summed E-state index contributed by atoms with van der Waals surface area (Å²) in [7, 11) is 0. The molecule has 7 aromatic carbocycles. The van der Waals surface area contributed by atoms with Crippen LogP contribution in [0, 0.1) is 0 Å². The number of aryl methyl sites for hydroxylation is 1. The molecule has 0 radical (unpaired) electrons. The van der Waals surface area contributed by atoms with E-state index >= 15 is 0 Å². The molecule has 0 aliphatic heterocycles. The van der Waals surface area contributed by atoms with Crippen LogP contribution in [0.3, 0.4) is 0 Å². The second kappa shape index (κ2) is 13.2. The van der Waals surface area contributed by atoms with Gasteiger partial charge >= 0.3 is 0 Å². The molecule has 5 nitrogen and oxygen atoms in total. The Morgan fingerprint density at radius 1 is 0.393 bits per heavy atom. The minimum atomic E-state index is 0.598. The van der Waals surface area contributed by atoms with Gasteiger partial charge in [0, 0.05) is 38.4 Å². The highest BCUT2D eigenvalue weighted by Crippen LogP contribution is 2.43. The van der Waals surface area contributed by atoms with Crippen molar-refractivity contribution in [3.63, 3.8) is 0 Å². The highest BCUT2D eigenvalue weighted by molar-refractivity contribution is 6.10. The summed E-state index contributed by atoms with van der Waals surface area (Å²) in [5, 5.41) is 3.71. The van der Waals surface area contributed by atoms with Crippen LogP contribution in [0.1, 0.15) is 23.2 Å². The third-order valence-electron chi connectivity index (χ3n) is 11.1. The van der Waals surface area contributed by atoms with Crippen LogP contribution in [0.4, 0.5) is 0 Å². The lowest BCUT2D eigenvalue weighted by molar-refractivity contribution is 0.895. The van der Waals surface area contributed by atoms with Crippen molar-refractivity contribution in [3.8, 4) is 45.5 Å². The number of fused-ring (bicyclic) bond motifs is 6. The van der Waals surface area contributed by atoms with Gasteiger partial charge in [0.1, 0.15) is 0 Å². The van der Waals surface area contributed by atoms with Gasteiger partial charge in [0.05, 0.1) is 27.9 Å². The Morgan fingerprint density at radius 2 is 0.875 bits per heavy atom. The van der Waals surface area contributed by atoms with Gasteiger partial charge in [0.25, 0.3) is 0 Å². The summed E-state index contributed by atoms with van der Waals surface area (Å²) in [5.41, 5.74) is 13.6. The van der Waals surface area contributed by atoms with E-state index in [-0.39, 0.29) is 0 Å². The van der Waals surface area contributed by atoms with Crippen LogP contribution in [-0.4, -0.2) is 24.1 Å². The third-order valence-corrected chi connectivity index (χ3v) is 11.1. The van der Waals surface area contributed by atoms with Crippen LogP contribution >= 0.6 is 0 Å². The zero-order valence-electron chi connectivity index (χ0n) is 30.5. The Balaban J connectivity index is 1.15. The second-order valence-electron chi connectivity index (χ2n) is 14.3. The molecular formula is C51H35N5. The predicted molar refractivity (Wildman–Crippen MR) is 229 cm³/mol. The first-order valence-electron chi connectivity index (χ1n) is 19.2. The minimum absolute atomic E-state index is 0.598. The van der Waals surface area contributed by atoms with Crippen molar-refractivity contribution >= 4 is 38.3 Å². The lowest BCUT2D eigenvalue weighted by atomic mass is 9.90. The first-order chi connectivity index (χ1) is 27.8. The molecule has 0 saturated carbocycles. The number of hydrogen-bond donors (Lipinski definition) is 0. The fourth-order valence-electron chi connectivity index (χ4n) is 8.58. The van der Waals surface area contributed by atoms with Crippen molar-refractivity contribution < 1.29 is 0 Å². The zero-order chi connectivity index (χ0) is 37.0. The first-order valence-corrected chi connectivity index (χ1v) is 19.2. The molecule has 3 aromatic heterocycles. The van der Waals surface area contributed by atoms with Crippen LogP contribution in [0.5, 0.6) is 0 Å². The van der Waals surface area contributed by atoms with Gasteiger partial charge in [-0.3, -0.25) is 4.57 Å². The Kier molecular flexibility index (Phi) is 7.56. The molecular weight excluding hydrogens is 683 g/mol. The molecule has 0 N–H and O–H groups in total. The maximum Gasteiger partial charge on any atom is 0.238 e. The fourth-order valence-corrected chi connectivity index (χ4v) is 8.58. The van der Waals surface area contributed by atoms with E-state index in [1.807, 2.05) is 24.3 Å². The highest BCUT2D eigenvalue weighted by atomic mass is 15.2. The van der Waals surface area contributed by atoms with Gasteiger partial charge in [-0.05, 0) is 53.8 Å². The fraction of sp³-hybridized carbons (Fsp3) is 0.0392. The summed E-state index contributed by atoms with van der Waals surface area (Å²) in [5.74, 6) is 1.86. The third kappa shape index (κ3) is 5.20. The van der Waals surface area contributed by atoms with E-state index in [9.17, 15) is 0 Å². The Labute approximate surface area is 324 Å². The lowest BCUT2D eigenvalue weighted by Crippen LogP contribution is -2.12. The molecule has 10 aromatic rings. The van der Waals surface area contributed by atoms with E-state index in [4.69, 9.17) is 15.0 Å². The molecule has 3 heterocycles. The van der Waals surface area contributed by atoms with E-state index in [1.54, 1.807) is 0 Å². The highest BCUT2D eigenvalue weighted by Gasteiger charge is 2.28. The van der Waals surface area contributed by atoms with Crippen molar-refractivity contribution in [3.05, 3.63) is 205 Å². The molecule has 0 unspecified atom stereocenters. The van der Waals surface area contributed by atoms with Crippen LogP contribution in [-0.2, 0) is 6.42 Å². The van der Waals surface area contributed by atoms with Gasteiger partial charge in [-0.15, -0.1) is 0 Å². The van der Waals surface area contributed by atoms with Crippen molar-refractivity contribution in [2.24, 2.45) is 0 Å². The summed E-state index contributed by atoms with van der Waals surface area (Å²) >= 11 is 0. The summed E-state index contributed by atoms with van der Waals surface area (Å²) < 4.78 is 4.71. The average molecular weight is 718 g/mol. The largest absolute Gasteiger partial charge is 0.309 e. The van der Waals surface area contributed by atoms with E-state index < -0.39 is 0 Å². The van der Waals surface area contributed by atoms with Gasteiger partial charge in [0.15, 0.2) is 11.6 Å². The van der Waals surface area contributed by atoms with E-state index in [2.05, 4.69) is 173 Å². The number of benzene rings is 7. The molecule has 5 heteroatoms. The lowest BCUT2D eigenvalue weighted by Gasteiger charge is -2.22. The molecule has 0 fully saturated rings. The summed E-state index contributed by atoms with van der Waals surface area (Å²) in [6, 6.07) is 64.2. The Bertz CT molecular complexity index is 3060. The number of aromatic nitrogens is 5.